The van der Waals surface area contributed by atoms with Crippen molar-refractivity contribution >= 4 is 0 Å². The minimum Gasteiger partial charge on any atom is -0.496 e. The molecule has 108 valence electrons. The van der Waals surface area contributed by atoms with E-state index in [0.29, 0.717) is 6.07 Å². The summed E-state index contributed by atoms with van der Waals surface area (Å²) < 4.78 is 93.5. The molecule has 0 unspecified atom stereocenters. The topological polar surface area (TPSA) is 9.23 Å². The molecule has 0 spiro atoms. The molecule has 0 atom stereocenters. The molecule has 0 saturated heterocycles. The zero-order valence-electron chi connectivity index (χ0n) is 9.79. The van der Waals surface area contributed by atoms with Crippen LogP contribution in [0.4, 0.5) is 30.7 Å². The maximum Gasteiger partial charge on any atom is 0.460 e. The quantitative estimate of drug-likeness (QED) is 0.754. The van der Waals surface area contributed by atoms with Crippen LogP contribution in [0.2, 0.25) is 0 Å². The van der Waals surface area contributed by atoms with Gasteiger partial charge in [0.2, 0.25) is 0 Å². The molecule has 0 aliphatic heterocycles. The first kappa shape index (κ1) is 15.6. The van der Waals surface area contributed by atoms with E-state index in [-0.39, 0.29) is 5.56 Å². The second-order valence-corrected chi connectivity index (χ2v) is 3.85. The largest absolute Gasteiger partial charge is 0.496 e. The van der Waals surface area contributed by atoms with Gasteiger partial charge in [0.15, 0.2) is 0 Å². The van der Waals surface area contributed by atoms with E-state index in [0.717, 1.165) is 13.2 Å². The molecule has 1 aromatic rings. The molecule has 1 aromatic carbocycles. The molecule has 0 aromatic heterocycles. The van der Waals surface area contributed by atoms with Crippen LogP contribution in [0.1, 0.15) is 11.1 Å². The molecule has 19 heavy (non-hydrogen) atoms. The molecule has 0 bridgehead atoms. The van der Waals surface area contributed by atoms with Gasteiger partial charge >= 0.3 is 18.0 Å². The highest BCUT2D eigenvalue weighted by atomic mass is 19.4. The molecule has 0 amide bonds. The van der Waals surface area contributed by atoms with Crippen LogP contribution < -0.4 is 4.74 Å². The fourth-order valence-corrected chi connectivity index (χ4v) is 1.41. The van der Waals surface area contributed by atoms with Gasteiger partial charge in [-0.25, -0.2) is 0 Å². The predicted molar refractivity (Wildman–Crippen MR) is 52.6 cm³/mol. The fraction of sp³-hybridized carbons (Fsp3) is 0.455. The normalized spacial score (nSPS) is 13.5. The summed E-state index contributed by atoms with van der Waals surface area (Å²) in [7, 11) is 0.899. The van der Waals surface area contributed by atoms with Gasteiger partial charge in [0, 0.05) is 0 Å². The third-order valence-corrected chi connectivity index (χ3v) is 2.44. The SMILES string of the molecule is COc1ccc(C)cc1C(F)(F)C(F)(F)C(F)(F)F. The first-order valence-corrected chi connectivity index (χ1v) is 4.92. The summed E-state index contributed by atoms with van der Waals surface area (Å²) in [6.45, 7) is 1.28. The van der Waals surface area contributed by atoms with E-state index in [4.69, 9.17) is 0 Å². The molecule has 0 saturated carbocycles. The summed E-state index contributed by atoms with van der Waals surface area (Å²) in [4.78, 5) is 0. The van der Waals surface area contributed by atoms with Crippen molar-refractivity contribution in [2.45, 2.75) is 24.9 Å². The van der Waals surface area contributed by atoms with Gasteiger partial charge in [0.25, 0.3) is 0 Å². The summed E-state index contributed by atoms with van der Waals surface area (Å²) in [6, 6.07) is 2.70. The van der Waals surface area contributed by atoms with Crippen molar-refractivity contribution in [3.05, 3.63) is 29.3 Å². The van der Waals surface area contributed by atoms with Crippen LogP contribution in [0.15, 0.2) is 18.2 Å². The van der Waals surface area contributed by atoms with Crippen LogP contribution in [0.3, 0.4) is 0 Å². The monoisotopic (exact) mass is 290 g/mol. The first-order chi connectivity index (χ1) is 8.45. The molecule has 0 fully saturated rings. The molecule has 0 N–H and O–H groups in total. The zero-order valence-corrected chi connectivity index (χ0v) is 9.79. The number of rotatable bonds is 3. The number of alkyl halides is 7. The number of hydrogen-bond acceptors (Lipinski definition) is 1. The highest BCUT2D eigenvalue weighted by Gasteiger charge is 2.74. The van der Waals surface area contributed by atoms with Gasteiger partial charge in [-0.2, -0.15) is 30.7 Å². The lowest BCUT2D eigenvalue weighted by atomic mass is 9.99. The van der Waals surface area contributed by atoms with E-state index in [1.54, 1.807) is 0 Å². The van der Waals surface area contributed by atoms with Gasteiger partial charge in [-0.05, 0) is 19.1 Å². The Hall–Kier alpha value is -1.47. The van der Waals surface area contributed by atoms with E-state index in [9.17, 15) is 30.7 Å². The standard InChI is InChI=1S/C11H9F7O/c1-6-3-4-8(19-2)7(5-6)9(12,13)10(14,15)11(16,17)18/h3-5H,1-2H3. The summed E-state index contributed by atoms with van der Waals surface area (Å²) >= 11 is 0. The lowest BCUT2D eigenvalue weighted by Crippen LogP contribution is -2.50. The maximum absolute atomic E-state index is 13.5. The summed E-state index contributed by atoms with van der Waals surface area (Å²) in [5, 5.41) is 0. The maximum atomic E-state index is 13.5. The van der Waals surface area contributed by atoms with E-state index >= 15 is 0 Å². The Morgan fingerprint density at radius 3 is 1.89 bits per heavy atom. The second-order valence-electron chi connectivity index (χ2n) is 3.85. The number of methoxy groups -OCH3 is 1. The fourth-order valence-electron chi connectivity index (χ4n) is 1.41. The van der Waals surface area contributed by atoms with E-state index in [1.165, 1.54) is 13.0 Å². The van der Waals surface area contributed by atoms with Gasteiger partial charge in [-0.15, -0.1) is 0 Å². The molecule has 0 aliphatic rings. The zero-order chi connectivity index (χ0) is 15.1. The molecule has 0 radical (unpaired) electrons. The second kappa shape index (κ2) is 4.57. The van der Waals surface area contributed by atoms with Crippen LogP contribution in [-0.4, -0.2) is 19.2 Å². The Balaban J connectivity index is 3.46. The molecule has 1 nitrogen and oxygen atoms in total. The van der Waals surface area contributed by atoms with Crippen molar-refractivity contribution in [3.8, 4) is 5.75 Å². The molecular formula is C11H9F7O. The van der Waals surface area contributed by atoms with Gasteiger partial charge in [0.05, 0.1) is 12.7 Å². The minimum atomic E-state index is -6.37. The molecule has 0 aliphatic carbocycles. The Labute approximate surface area is 104 Å². The summed E-state index contributed by atoms with van der Waals surface area (Å²) in [5.74, 6) is -12.4. The van der Waals surface area contributed by atoms with Crippen LogP contribution >= 0.6 is 0 Å². The number of ether oxygens (including phenoxy) is 1. The Morgan fingerprint density at radius 1 is 0.947 bits per heavy atom. The third kappa shape index (κ3) is 2.48. The Bertz CT molecular complexity index is 465. The lowest BCUT2D eigenvalue weighted by Gasteiger charge is -2.29. The van der Waals surface area contributed by atoms with Gasteiger partial charge in [-0.3, -0.25) is 0 Å². The highest BCUT2D eigenvalue weighted by molar-refractivity contribution is 5.41. The molecule has 8 heteroatoms. The lowest BCUT2D eigenvalue weighted by molar-refractivity contribution is -0.359. The third-order valence-electron chi connectivity index (χ3n) is 2.44. The van der Waals surface area contributed by atoms with Gasteiger partial charge in [0.1, 0.15) is 5.75 Å². The first-order valence-electron chi connectivity index (χ1n) is 4.92. The van der Waals surface area contributed by atoms with Crippen LogP contribution in [0, 0.1) is 6.92 Å². The Kier molecular flexibility index (Phi) is 3.75. The van der Waals surface area contributed by atoms with Crippen LogP contribution in [0.25, 0.3) is 0 Å². The number of hydrogen-bond donors (Lipinski definition) is 0. The van der Waals surface area contributed by atoms with Crippen molar-refractivity contribution in [1.82, 2.24) is 0 Å². The predicted octanol–water partition coefficient (Wildman–Crippen LogP) is 4.29. The number of aryl methyl sites for hydroxylation is 1. The molecular weight excluding hydrogens is 281 g/mol. The molecule has 0 heterocycles. The average molecular weight is 290 g/mol. The van der Waals surface area contributed by atoms with Crippen LogP contribution in [0.5, 0.6) is 5.75 Å². The highest BCUT2D eigenvalue weighted by Crippen LogP contribution is 2.53. The van der Waals surface area contributed by atoms with E-state index in [1.807, 2.05) is 0 Å². The molecule has 1 rings (SSSR count). The van der Waals surface area contributed by atoms with Crippen molar-refractivity contribution in [2.24, 2.45) is 0 Å². The summed E-state index contributed by atoms with van der Waals surface area (Å²) in [5.41, 5.74) is -1.40. The van der Waals surface area contributed by atoms with E-state index < -0.39 is 29.3 Å². The van der Waals surface area contributed by atoms with Crippen molar-refractivity contribution < 1.29 is 35.5 Å². The smallest absolute Gasteiger partial charge is 0.460 e. The van der Waals surface area contributed by atoms with Crippen molar-refractivity contribution in [2.75, 3.05) is 7.11 Å². The summed E-state index contributed by atoms with van der Waals surface area (Å²) in [6.07, 6.45) is -6.37. The minimum absolute atomic E-state index is 0.105. The van der Waals surface area contributed by atoms with Crippen molar-refractivity contribution in [3.63, 3.8) is 0 Å². The van der Waals surface area contributed by atoms with Gasteiger partial charge in [-0.1, -0.05) is 11.6 Å². The number of benzene rings is 1. The van der Waals surface area contributed by atoms with E-state index in [2.05, 4.69) is 4.74 Å². The number of halogens is 7. The average Bonchev–Trinajstić information content (AvgIpc) is 2.27. The Morgan fingerprint density at radius 2 is 1.47 bits per heavy atom. The van der Waals surface area contributed by atoms with Crippen LogP contribution in [-0.2, 0) is 5.92 Å². The van der Waals surface area contributed by atoms with Gasteiger partial charge < -0.3 is 4.74 Å². The van der Waals surface area contributed by atoms with Crippen molar-refractivity contribution in [1.29, 1.82) is 0 Å².